The molecule has 0 unspecified atom stereocenters. The number of carbonyl (C=O) groups is 2. The Morgan fingerprint density at radius 3 is 1.91 bits per heavy atom. The second-order valence-corrected chi connectivity index (χ2v) is 7.93. The van der Waals surface area contributed by atoms with E-state index in [0.717, 1.165) is 6.42 Å². The molecule has 3 aromatic carbocycles. The van der Waals surface area contributed by atoms with Crippen molar-refractivity contribution in [3.8, 4) is 11.5 Å². The number of benzene rings is 3. The lowest BCUT2D eigenvalue weighted by Gasteiger charge is -2.24. The van der Waals surface area contributed by atoms with Gasteiger partial charge in [0.15, 0.2) is 0 Å². The number of nitrogens with one attached hydrogen (secondary N) is 1. The van der Waals surface area contributed by atoms with E-state index in [9.17, 15) is 9.59 Å². The Balaban J connectivity index is 1.28. The van der Waals surface area contributed by atoms with Crippen LogP contribution >= 0.6 is 0 Å². The van der Waals surface area contributed by atoms with Crippen molar-refractivity contribution in [3.63, 3.8) is 0 Å². The van der Waals surface area contributed by atoms with Crippen LogP contribution in [-0.2, 0) is 14.4 Å². The van der Waals surface area contributed by atoms with Gasteiger partial charge in [-0.2, -0.15) is 0 Å². The molecule has 176 valence electrons. The number of esters is 1. The largest absolute Gasteiger partial charge is 0.494 e. The second-order valence-electron chi connectivity index (χ2n) is 7.93. The minimum absolute atomic E-state index is 0.226. The zero-order valence-electron chi connectivity index (χ0n) is 18.9. The van der Waals surface area contributed by atoms with Crippen LogP contribution in [0.1, 0.15) is 23.5 Å². The SMILES string of the molecule is O=C(Oc1ccc(OCCC(c2ccccc2)c2ccccc2)cc1)C(=O)ON1CCNCC1. The predicted octanol–water partition coefficient (Wildman–Crippen LogP) is 3.56. The summed E-state index contributed by atoms with van der Waals surface area (Å²) >= 11 is 0. The Morgan fingerprint density at radius 1 is 0.765 bits per heavy atom. The summed E-state index contributed by atoms with van der Waals surface area (Å²) in [6, 6.07) is 27.4. The molecule has 1 fully saturated rings. The van der Waals surface area contributed by atoms with E-state index in [4.69, 9.17) is 14.3 Å². The number of hydroxylamine groups is 2. The number of rotatable bonds is 8. The van der Waals surface area contributed by atoms with Crippen LogP contribution in [0.2, 0.25) is 0 Å². The van der Waals surface area contributed by atoms with Gasteiger partial charge in [0.1, 0.15) is 11.5 Å². The molecule has 1 saturated heterocycles. The van der Waals surface area contributed by atoms with Crippen molar-refractivity contribution in [3.05, 3.63) is 96.1 Å². The van der Waals surface area contributed by atoms with Crippen LogP contribution in [0.4, 0.5) is 0 Å². The molecule has 3 aromatic rings. The van der Waals surface area contributed by atoms with Gasteiger partial charge >= 0.3 is 11.9 Å². The van der Waals surface area contributed by atoms with Crippen LogP contribution in [0.3, 0.4) is 0 Å². The van der Waals surface area contributed by atoms with Gasteiger partial charge in [-0.15, -0.1) is 5.06 Å². The minimum atomic E-state index is -1.05. The summed E-state index contributed by atoms with van der Waals surface area (Å²) in [5.41, 5.74) is 2.49. The van der Waals surface area contributed by atoms with Gasteiger partial charge in [-0.05, 0) is 41.8 Å². The van der Waals surface area contributed by atoms with Crippen LogP contribution in [0, 0.1) is 0 Å². The average molecular weight is 461 g/mol. The van der Waals surface area contributed by atoms with E-state index in [1.165, 1.54) is 16.2 Å². The summed E-state index contributed by atoms with van der Waals surface area (Å²) in [6.45, 7) is 2.97. The molecule has 1 heterocycles. The zero-order chi connectivity index (χ0) is 23.6. The normalized spacial score (nSPS) is 13.9. The number of nitrogens with zero attached hydrogens (tertiary/aromatic N) is 1. The quantitative estimate of drug-likeness (QED) is 0.313. The highest BCUT2D eigenvalue weighted by atomic mass is 16.7. The van der Waals surface area contributed by atoms with Gasteiger partial charge in [-0.3, -0.25) is 0 Å². The summed E-state index contributed by atoms with van der Waals surface area (Å²) in [5, 5.41) is 4.59. The summed E-state index contributed by atoms with van der Waals surface area (Å²) in [5.74, 6) is -0.954. The number of hydrogen-bond donors (Lipinski definition) is 1. The molecule has 0 spiro atoms. The van der Waals surface area contributed by atoms with Crippen molar-refractivity contribution in [1.82, 2.24) is 10.4 Å². The highest BCUT2D eigenvalue weighted by Crippen LogP contribution is 2.28. The van der Waals surface area contributed by atoms with Gasteiger partial charge in [0.05, 0.1) is 6.61 Å². The summed E-state index contributed by atoms with van der Waals surface area (Å²) in [7, 11) is 0. The fourth-order valence-corrected chi connectivity index (χ4v) is 3.83. The lowest BCUT2D eigenvalue weighted by molar-refractivity contribution is -0.198. The van der Waals surface area contributed by atoms with Crippen LogP contribution < -0.4 is 14.8 Å². The summed E-state index contributed by atoms with van der Waals surface area (Å²) in [4.78, 5) is 29.0. The van der Waals surface area contributed by atoms with E-state index in [0.29, 0.717) is 38.5 Å². The van der Waals surface area contributed by atoms with E-state index >= 15 is 0 Å². The van der Waals surface area contributed by atoms with Crippen molar-refractivity contribution in [2.45, 2.75) is 12.3 Å². The van der Waals surface area contributed by atoms with Gasteiger partial charge in [0.2, 0.25) is 0 Å². The molecule has 4 rings (SSSR count). The maximum absolute atomic E-state index is 12.0. The molecule has 0 radical (unpaired) electrons. The minimum Gasteiger partial charge on any atom is -0.494 e. The molecule has 7 nitrogen and oxygen atoms in total. The summed E-state index contributed by atoms with van der Waals surface area (Å²) in [6.07, 6.45) is 0.808. The first-order valence-corrected chi connectivity index (χ1v) is 11.4. The van der Waals surface area contributed by atoms with Crippen molar-refractivity contribution in [2.24, 2.45) is 0 Å². The molecule has 1 N–H and O–H groups in total. The predicted molar refractivity (Wildman–Crippen MR) is 127 cm³/mol. The molecule has 0 aliphatic carbocycles. The molecule has 7 heteroatoms. The van der Waals surface area contributed by atoms with Crippen molar-refractivity contribution in [1.29, 1.82) is 0 Å². The van der Waals surface area contributed by atoms with Gasteiger partial charge in [0.25, 0.3) is 0 Å². The lowest BCUT2D eigenvalue weighted by Crippen LogP contribution is -2.45. The lowest BCUT2D eigenvalue weighted by atomic mass is 9.89. The maximum atomic E-state index is 12.0. The van der Waals surface area contributed by atoms with Crippen molar-refractivity contribution >= 4 is 11.9 Å². The van der Waals surface area contributed by atoms with Gasteiger partial charge < -0.3 is 19.6 Å². The molecule has 1 aliphatic rings. The highest BCUT2D eigenvalue weighted by molar-refractivity contribution is 6.30. The van der Waals surface area contributed by atoms with Gasteiger partial charge in [-0.25, -0.2) is 9.59 Å². The Labute approximate surface area is 199 Å². The number of hydrogen-bond acceptors (Lipinski definition) is 7. The fourth-order valence-electron chi connectivity index (χ4n) is 3.83. The van der Waals surface area contributed by atoms with Crippen LogP contribution in [-0.4, -0.2) is 49.8 Å². The number of ether oxygens (including phenoxy) is 2. The Hall–Kier alpha value is -3.68. The third-order valence-corrected chi connectivity index (χ3v) is 5.57. The highest BCUT2D eigenvalue weighted by Gasteiger charge is 2.23. The first-order chi connectivity index (χ1) is 16.7. The molecular weight excluding hydrogens is 432 g/mol. The molecule has 0 atom stereocenters. The van der Waals surface area contributed by atoms with E-state index in [2.05, 4.69) is 29.6 Å². The molecule has 34 heavy (non-hydrogen) atoms. The van der Waals surface area contributed by atoms with Gasteiger partial charge in [-0.1, -0.05) is 60.7 Å². The number of piperazine rings is 1. The third-order valence-electron chi connectivity index (χ3n) is 5.57. The standard InChI is InChI=1S/C27H28N2O5/c30-26(27(31)34-29-18-16-28-17-19-29)33-24-13-11-23(12-14-24)32-20-15-25(21-7-3-1-4-8-21)22-9-5-2-6-10-22/h1-14,25,28H,15-20H2. The Kier molecular flexibility index (Phi) is 8.27. The second kappa shape index (κ2) is 12.0. The Morgan fingerprint density at radius 2 is 1.32 bits per heavy atom. The molecule has 0 bridgehead atoms. The summed E-state index contributed by atoms with van der Waals surface area (Å²) < 4.78 is 11.1. The van der Waals surface area contributed by atoms with Crippen molar-refractivity contribution in [2.75, 3.05) is 32.8 Å². The molecule has 0 aromatic heterocycles. The van der Waals surface area contributed by atoms with E-state index in [1.807, 2.05) is 36.4 Å². The first kappa shape index (κ1) is 23.5. The fraction of sp³-hybridized carbons (Fsp3) is 0.259. The van der Waals surface area contributed by atoms with E-state index < -0.39 is 11.9 Å². The Bertz CT molecular complexity index is 1010. The van der Waals surface area contributed by atoms with Crippen LogP contribution in [0.25, 0.3) is 0 Å². The monoisotopic (exact) mass is 460 g/mol. The van der Waals surface area contributed by atoms with E-state index in [-0.39, 0.29) is 11.7 Å². The zero-order valence-corrected chi connectivity index (χ0v) is 18.9. The number of carbonyl (C=O) groups excluding carboxylic acids is 2. The third kappa shape index (κ3) is 6.66. The molecule has 0 saturated carbocycles. The molecule has 0 amide bonds. The smallest absolute Gasteiger partial charge is 0.436 e. The van der Waals surface area contributed by atoms with Crippen molar-refractivity contribution < 1.29 is 23.9 Å². The van der Waals surface area contributed by atoms with Crippen LogP contribution in [0.15, 0.2) is 84.9 Å². The van der Waals surface area contributed by atoms with Gasteiger partial charge in [0, 0.05) is 32.1 Å². The van der Waals surface area contributed by atoms with Crippen LogP contribution in [0.5, 0.6) is 11.5 Å². The molecule has 1 aliphatic heterocycles. The average Bonchev–Trinajstić information content (AvgIpc) is 2.89. The maximum Gasteiger partial charge on any atom is 0.436 e. The topological polar surface area (TPSA) is 77.1 Å². The first-order valence-electron chi connectivity index (χ1n) is 11.4. The van der Waals surface area contributed by atoms with E-state index in [1.54, 1.807) is 24.3 Å². The molecular formula is C27H28N2O5.